The van der Waals surface area contributed by atoms with Gasteiger partial charge in [0.2, 0.25) is 0 Å². The van der Waals surface area contributed by atoms with Crippen LogP contribution in [-0.4, -0.2) is 15.5 Å². The van der Waals surface area contributed by atoms with Gasteiger partial charge in [-0.2, -0.15) is 0 Å². The molecular weight excluding hydrogens is 346 g/mol. The Hall–Kier alpha value is -2.33. The van der Waals surface area contributed by atoms with Crippen molar-refractivity contribution >= 4 is 28.5 Å². The third-order valence-electron chi connectivity index (χ3n) is 4.51. The first-order chi connectivity index (χ1) is 12.6. The lowest BCUT2D eigenvalue weighted by molar-refractivity contribution is 0.0937. The number of imidazole rings is 1. The summed E-state index contributed by atoms with van der Waals surface area (Å²) in [5.41, 5.74) is 2.67. The number of aromatic nitrogens is 2. The smallest absolute Gasteiger partial charge is 0.251 e. The quantitative estimate of drug-likeness (QED) is 0.569. The molecule has 0 aliphatic rings. The summed E-state index contributed by atoms with van der Waals surface area (Å²) >= 11 is 5.90. The Labute approximate surface area is 159 Å². The Morgan fingerprint density at radius 3 is 2.62 bits per heavy atom. The summed E-state index contributed by atoms with van der Waals surface area (Å²) in [5, 5.41) is 3.68. The van der Waals surface area contributed by atoms with Gasteiger partial charge in [0.05, 0.1) is 17.1 Å². The molecule has 1 aromatic heterocycles. The van der Waals surface area contributed by atoms with Crippen LogP contribution >= 0.6 is 11.6 Å². The minimum Gasteiger partial charge on any atom is -0.342 e. The lowest BCUT2D eigenvalue weighted by atomic mass is 10.2. The number of benzene rings is 2. The van der Waals surface area contributed by atoms with Crippen LogP contribution in [0.5, 0.6) is 0 Å². The molecule has 1 heterocycles. The number of unbranched alkanes of at least 4 members (excludes halogenated alkanes) is 2. The number of aryl methyl sites for hydroxylation is 1. The summed E-state index contributed by atoms with van der Waals surface area (Å²) in [7, 11) is 0. The van der Waals surface area contributed by atoms with Gasteiger partial charge in [-0.25, -0.2) is 4.98 Å². The lowest BCUT2D eigenvalue weighted by Gasteiger charge is -2.16. The molecule has 4 nitrogen and oxygen atoms in total. The number of nitrogens with one attached hydrogen (secondary N) is 1. The maximum Gasteiger partial charge on any atom is 0.251 e. The highest BCUT2D eigenvalue weighted by atomic mass is 35.5. The number of rotatable bonds is 7. The highest BCUT2D eigenvalue weighted by molar-refractivity contribution is 6.30. The molecule has 1 N–H and O–H groups in total. The first-order valence-corrected chi connectivity index (χ1v) is 9.49. The van der Waals surface area contributed by atoms with Crippen LogP contribution in [0.3, 0.4) is 0 Å². The van der Waals surface area contributed by atoms with Gasteiger partial charge in [-0.3, -0.25) is 4.79 Å². The van der Waals surface area contributed by atoms with E-state index < -0.39 is 0 Å². The molecule has 3 rings (SSSR count). The van der Waals surface area contributed by atoms with Gasteiger partial charge < -0.3 is 9.88 Å². The normalized spacial score (nSPS) is 12.3. The molecule has 0 aliphatic heterocycles. The zero-order chi connectivity index (χ0) is 18.5. The molecule has 3 aromatic rings. The van der Waals surface area contributed by atoms with Gasteiger partial charge in [0.1, 0.15) is 5.82 Å². The van der Waals surface area contributed by atoms with Crippen molar-refractivity contribution in [2.24, 2.45) is 0 Å². The van der Waals surface area contributed by atoms with E-state index >= 15 is 0 Å². The molecule has 0 bridgehead atoms. The van der Waals surface area contributed by atoms with Gasteiger partial charge >= 0.3 is 0 Å². The summed E-state index contributed by atoms with van der Waals surface area (Å²) in [5.74, 6) is 0.769. The van der Waals surface area contributed by atoms with Crippen LogP contribution in [0.15, 0.2) is 48.5 Å². The Balaban J connectivity index is 1.84. The van der Waals surface area contributed by atoms with Crippen LogP contribution in [0.1, 0.15) is 55.3 Å². The third-order valence-corrected chi connectivity index (χ3v) is 4.76. The SMILES string of the molecule is CCCCCn1c([C@@H](C)NC(=O)c2ccc(Cl)cc2)nc2ccccc21. The van der Waals surface area contributed by atoms with E-state index in [1.165, 1.54) is 12.8 Å². The molecular formula is C21H24ClN3O. The van der Waals surface area contributed by atoms with Crippen LogP contribution < -0.4 is 5.32 Å². The van der Waals surface area contributed by atoms with Gasteiger partial charge in [0.25, 0.3) is 5.91 Å². The molecule has 1 amide bonds. The molecule has 0 unspecified atom stereocenters. The zero-order valence-corrected chi connectivity index (χ0v) is 16.0. The van der Waals surface area contributed by atoms with Crippen LogP contribution in [0.25, 0.3) is 11.0 Å². The number of halogens is 1. The number of carbonyl (C=O) groups is 1. The number of nitrogens with zero attached hydrogens (tertiary/aromatic N) is 2. The third kappa shape index (κ3) is 4.07. The highest BCUT2D eigenvalue weighted by Gasteiger charge is 2.18. The number of amides is 1. The maximum atomic E-state index is 12.5. The Morgan fingerprint density at radius 2 is 1.88 bits per heavy atom. The standard InChI is InChI=1S/C21H24ClN3O/c1-3-4-7-14-25-19-9-6-5-8-18(19)24-20(25)15(2)23-21(26)16-10-12-17(22)13-11-16/h5-6,8-13,15H,3-4,7,14H2,1-2H3,(H,23,26)/t15-/m1/s1. The highest BCUT2D eigenvalue weighted by Crippen LogP contribution is 2.22. The zero-order valence-electron chi connectivity index (χ0n) is 15.2. The van der Waals surface area contributed by atoms with Crippen molar-refractivity contribution in [1.82, 2.24) is 14.9 Å². The van der Waals surface area contributed by atoms with E-state index in [2.05, 4.69) is 22.9 Å². The van der Waals surface area contributed by atoms with E-state index in [-0.39, 0.29) is 11.9 Å². The fourth-order valence-corrected chi connectivity index (χ4v) is 3.25. The second kappa shape index (κ2) is 8.37. The van der Waals surface area contributed by atoms with Crippen molar-refractivity contribution in [1.29, 1.82) is 0 Å². The minimum absolute atomic E-state index is 0.124. The van der Waals surface area contributed by atoms with E-state index in [4.69, 9.17) is 16.6 Å². The molecule has 2 aromatic carbocycles. The molecule has 0 radical (unpaired) electrons. The summed E-state index contributed by atoms with van der Waals surface area (Å²) in [6, 6.07) is 14.8. The van der Waals surface area contributed by atoms with Gasteiger partial charge in [-0.1, -0.05) is 43.5 Å². The van der Waals surface area contributed by atoms with Crippen molar-refractivity contribution in [3.05, 3.63) is 64.9 Å². The topological polar surface area (TPSA) is 46.9 Å². The molecule has 0 saturated carbocycles. The van der Waals surface area contributed by atoms with Crippen LogP contribution in [0, 0.1) is 0 Å². The first kappa shape index (κ1) is 18.5. The van der Waals surface area contributed by atoms with Crippen molar-refractivity contribution in [2.45, 2.75) is 45.7 Å². The molecule has 0 aliphatic carbocycles. The van der Waals surface area contributed by atoms with Crippen LogP contribution in [-0.2, 0) is 6.54 Å². The Morgan fingerprint density at radius 1 is 1.15 bits per heavy atom. The van der Waals surface area contributed by atoms with Gasteiger partial charge in [0, 0.05) is 17.1 Å². The lowest BCUT2D eigenvalue weighted by Crippen LogP contribution is -2.28. The number of fused-ring (bicyclic) bond motifs is 1. The van der Waals surface area contributed by atoms with E-state index in [9.17, 15) is 4.79 Å². The van der Waals surface area contributed by atoms with E-state index in [0.717, 1.165) is 29.8 Å². The molecule has 1 atom stereocenters. The van der Waals surface area contributed by atoms with Crippen LogP contribution in [0.4, 0.5) is 0 Å². The minimum atomic E-state index is -0.188. The van der Waals surface area contributed by atoms with Crippen molar-refractivity contribution in [3.63, 3.8) is 0 Å². The summed E-state index contributed by atoms with van der Waals surface area (Å²) < 4.78 is 2.23. The molecule has 0 saturated heterocycles. The molecule has 0 fully saturated rings. The predicted octanol–water partition coefficient (Wildman–Crippen LogP) is 5.37. The predicted molar refractivity (Wildman–Crippen MR) is 107 cm³/mol. The fourth-order valence-electron chi connectivity index (χ4n) is 3.13. The van der Waals surface area contributed by atoms with E-state index in [1.54, 1.807) is 24.3 Å². The molecule has 0 spiro atoms. The second-order valence-electron chi connectivity index (χ2n) is 6.52. The molecule has 5 heteroatoms. The second-order valence-corrected chi connectivity index (χ2v) is 6.96. The maximum absolute atomic E-state index is 12.5. The van der Waals surface area contributed by atoms with Crippen LogP contribution in [0.2, 0.25) is 5.02 Å². The Kier molecular flexibility index (Phi) is 5.94. The van der Waals surface area contributed by atoms with E-state index in [0.29, 0.717) is 10.6 Å². The summed E-state index contributed by atoms with van der Waals surface area (Å²) in [4.78, 5) is 17.3. The van der Waals surface area contributed by atoms with E-state index in [1.807, 2.05) is 25.1 Å². The van der Waals surface area contributed by atoms with Crippen molar-refractivity contribution < 1.29 is 4.79 Å². The number of hydrogen-bond donors (Lipinski definition) is 1. The molecule has 26 heavy (non-hydrogen) atoms. The Bertz CT molecular complexity index is 886. The van der Waals surface area contributed by atoms with Gasteiger partial charge in [-0.05, 0) is 49.7 Å². The average molecular weight is 370 g/mol. The number of hydrogen-bond acceptors (Lipinski definition) is 2. The average Bonchev–Trinajstić information content (AvgIpc) is 3.01. The summed E-state index contributed by atoms with van der Waals surface area (Å²) in [6.45, 7) is 5.08. The monoisotopic (exact) mass is 369 g/mol. The largest absolute Gasteiger partial charge is 0.342 e. The molecule has 136 valence electrons. The number of carbonyl (C=O) groups excluding carboxylic acids is 1. The van der Waals surface area contributed by atoms with Crippen molar-refractivity contribution in [2.75, 3.05) is 0 Å². The fraction of sp³-hybridized carbons (Fsp3) is 0.333. The van der Waals surface area contributed by atoms with Gasteiger partial charge in [0.15, 0.2) is 0 Å². The van der Waals surface area contributed by atoms with Crippen molar-refractivity contribution in [3.8, 4) is 0 Å². The first-order valence-electron chi connectivity index (χ1n) is 9.11. The van der Waals surface area contributed by atoms with Gasteiger partial charge in [-0.15, -0.1) is 0 Å². The summed E-state index contributed by atoms with van der Waals surface area (Å²) in [6.07, 6.45) is 3.45. The number of para-hydroxylation sites is 2.